The summed E-state index contributed by atoms with van der Waals surface area (Å²) in [6.45, 7) is 1.77. The second-order valence-corrected chi connectivity index (χ2v) is 5.02. The van der Waals surface area contributed by atoms with Crippen LogP contribution in [0, 0.1) is 0 Å². The maximum absolute atomic E-state index is 10.8. The molecule has 0 radical (unpaired) electrons. The van der Waals surface area contributed by atoms with Crippen molar-refractivity contribution in [1.82, 2.24) is 0 Å². The van der Waals surface area contributed by atoms with Gasteiger partial charge in [0.05, 0.1) is 9.37 Å². The summed E-state index contributed by atoms with van der Waals surface area (Å²) >= 11 is 3.00. The number of hydrogen-bond donors (Lipinski definition) is 2. The molecular formula is C8H9BrO4S. The Kier molecular flexibility index (Phi) is 3.18. The molecule has 0 saturated carbocycles. The van der Waals surface area contributed by atoms with Gasteiger partial charge >= 0.3 is 0 Å². The van der Waals surface area contributed by atoms with Gasteiger partial charge in [0.15, 0.2) is 0 Å². The number of hydrogen-bond acceptors (Lipinski definition) is 3. The Hall–Kier alpha value is -0.590. The summed E-state index contributed by atoms with van der Waals surface area (Å²) < 4.78 is 30.7. The summed E-state index contributed by atoms with van der Waals surface area (Å²) in [5.74, 6) is -0.0000926. The molecule has 0 atom stereocenters. The van der Waals surface area contributed by atoms with Gasteiger partial charge < -0.3 is 5.11 Å². The van der Waals surface area contributed by atoms with Crippen LogP contribution in [0.4, 0.5) is 0 Å². The normalized spacial score (nSPS) is 11.6. The van der Waals surface area contributed by atoms with Gasteiger partial charge in [0.25, 0.3) is 10.1 Å². The molecule has 0 aromatic heterocycles. The standard InChI is InChI=1S/C8H9BrO4S/c1-2-5-3-6(14(11,12)13)4-7(9)8(5)10/h3-4,10H,2H2,1H3,(H,11,12,13). The number of halogens is 1. The first kappa shape index (κ1) is 11.5. The number of aromatic hydroxyl groups is 1. The van der Waals surface area contributed by atoms with Gasteiger partial charge in [-0.15, -0.1) is 0 Å². The molecule has 0 aliphatic carbocycles. The number of phenols is 1. The summed E-state index contributed by atoms with van der Waals surface area (Å²) in [6.07, 6.45) is 0.480. The van der Waals surface area contributed by atoms with Crippen LogP contribution in [-0.4, -0.2) is 18.1 Å². The van der Waals surface area contributed by atoms with Crippen LogP contribution in [0.5, 0.6) is 5.75 Å². The van der Waals surface area contributed by atoms with Gasteiger partial charge in [-0.25, -0.2) is 0 Å². The lowest BCUT2D eigenvalue weighted by molar-refractivity contribution is 0.463. The number of rotatable bonds is 2. The van der Waals surface area contributed by atoms with E-state index in [9.17, 15) is 13.5 Å². The Morgan fingerprint density at radius 1 is 1.43 bits per heavy atom. The summed E-state index contributed by atoms with van der Waals surface area (Å²) in [5, 5.41) is 9.46. The molecule has 0 fully saturated rings. The van der Waals surface area contributed by atoms with Crippen molar-refractivity contribution in [3.63, 3.8) is 0 Å². The summed E-state index contributed by atoms with van der Waals surface area (Å²) in [5.41, 5.74) is 0.465. The first-order chi connectivity index (χ1) is 6.36. The van der Waals surface area contributed by atoms with E-state index in [4.69, 9.17) is 4.55 Å². The number of phenolic OH excluding ortho intramolecular Hbond substituents is 1. The van der Waals surface area contributed by atoms with Gasteiger partial charge in [0.1, 0.15) is 5.75 Å². The highest BCUT2D eigenvalue weighted by Gasteiger charge is 2.14. The number of benzene rings is 1. The van der Waals surface area contributed by atoms with E-state index >= 15 is 0 Å². The molecule has 0 aliphatic rings. The molecule has 6 heteroatoms. The van der Waals surface area contributed by atoms with Crippen LogP contribution >= 0.6 is 15.9 Å². The van der Waals surface area contributed by atoms with Crippen molar-refractivity contribution in [3.05, 3.63) is 22.2 Å². The average Bonchev–Trinajstić information content (AvgIpc) is 2.07. The van der Waals surface area contributed by atoms with Crippen LogP contribution in [-0.2, 0) is 16.5 Å². The molecule has 0 heterocycles. The molecule has 0 bridgehead atoms. The van der Waals surface area contributed by atoms with Crippen molar-refractivity contribution in [3.8, 4) is 5.75 Å². The van der Waals surface area contributed by atoms with Crippen molar-refractivity contribution in [2.75, 3.05) is 0 Å². The monoisotopic (exact) mass is 280 g/mol. The molecule has 0 amide bonds. The maximum Gasteiger partial charge on any atom is 0.294 e. The highest BCUT2D eigenvalue weighted by molar-refractivity contribution is 9.10. The zero-order valence-corrected chi connectivity index (χ0v) is 9.76. The van der Waals surface area contributed by atoms with Crippen LogP contribution in [0.3, 0.4) is 0 Å². The van der Waals surface area contributed by atoms with Crippen molar-refractivity contribution < 1.29 is 18.1 Å². The molecule has 0 aliphatic heterocycles. The van der Waals surface area contributed by atoms with Gasteiger partial charge in [-0.05, 0) is 40.0 Å². The van der Waals surface area contributed by atoms with E-state index in [0.717, 1.165) is 6.07 Å². The molecule has 4 nitrogen and oxygen atoms in total. The predicted octanol–water partition coefficient (Wildman–Crippen LogP) is 1.96. The van der Waals surface area contributed by atoms with Crippen molar-refractivity contribution in [2.24, 2.45) is 0 Å². The Bertz CT molecular complexity index is 453. The lowest BCUT2D eigenvalue weighted by Crippen LogP contribution is -1.99. The zero-order chi connectivity index (χ0) is 10.9. The minimum absolute atomic E-state index is 0.0000926. The topological polar surface area (TPSA) is 74.6 Å². The molecule has 1 aromatic carbocycles. The maximum atomic E-state index is 10.8. The second kappa shape index (κ2) is 3.88. The Labute approximate surface area is 90.5 Å². The van der Waals surface area contributed by atoms with E-state index in [2.05, 4.69) is 15.9 Å². The molecule has 0 spiro atoms. The van der Waals surface area contributed by atoms with Crippen LogP contribution in [0.25, 0.3) is 0 Å². The molecule has 2 N–H and O–H groups in total. The van der Waals surface area contributed by atoms with E-state index in [0.29, 0.717) is 12.0 Å². The van der Waals surface area contributed by atoms with Gasteiger partial charge in [-0.2, -0.15) is 8.42 Å². The molecule has 0 unspecified atom stereocenters. The second-order valence-electron chi connectivity index (χ2n) is 2.74. The molecular weight excluding hydrogens is 272 g/mol. The van der Waals surface area contributed by atoms with Gasteiger partial charge in [-0.1, -0.05) is 6.92 Å². The largest absolute Gasteiger partial charge is 0.506 e. The Morgan fingerprint density at radius 3 is 2.43 bits per heavy atom. The molecule has 78 valence electrons. The van der Waals surface area contributed by atoms with E-state index in [1.54, 1.807) is 6.92 Å². The molecule has 0 saturated heterocycles. The van der Waals surface area contributed by atoms with Gasteiger partial charge in [0.2, 0.25) is 0 Å². The highest BCUT2D eigenvalue weighted by Crippen LogP contribution is 2.31. The van der Waals surface area contributed by atoms with Gasteiger partial charge in [0, 0.05) is 0 Å². The third-order valence-corrected chi connectivity index (χ3v) is 3.23. The lowest BCUT2D eigenvalue weighted by Gasteiger charge is -2.06. The molecule has 14 heavy (non-hydrogen) atoms. The third kappa shape index (κ3) is 2.26. The lowest BCUT2D eigenvalue weighted by atomic mass is 10.1. The fourth-order valence-electron chi connectivity index (χ4n) is 1.05. The van der Waals surface area contributed by atoms with Crippen molar-refractivity contribution >= 4 is 26.0 Å². The van der Waals surface area contributed by atoms with E-state index < -0.39 is 10.1 Å². The minimum atomic E-state index is -4.22. The van der Waals surface area contributed by atoms with Gasteiger partial charge in [-0.3, -0.25) is 4.55 Å². The number of aryl methyl sites for hydroxylation is 1. The van der Waals surface area contributed by atoms with E-state index in [1.807, 2.05) is 0 Å². The third-order valence-electron chi connectivity index (χ3n) is 1.79. The van der Waals surface area contributed by atoms with Crippen LogP contribution in [0.2, 0.25) is 0 Å². The fraction of sp³-hybridized carbons (Fsp3) is 0.250. The Morgan fingerprint density at radius 2 is 2.00 bits per heavy atom. The summed E-state index contributed by atoms with van der Waals surface area (Å²) in [7, 11) is -4.22. The Balaban J connectivity index is 3.46. The molecule has 1 rings (SSSR count). The average molecular weight is 281 g/mol. The first-order valence-corrected chi connectivity index (χ1v) is 6.08. The first-order valence-electron chi connectivity index (χ1n) is 3.85. The van der Waals surface area contributed by atoms with Crippen LogP contribution in [0.15, 0.2) is 21.5 Å². The van der Waals surface area contributed by atoms with Crippen LogP contribution < -0.4 is 0 Å². The SMILES string of the molecule is CCc1cc(S(=O)(=O)O)cc(Br)c1O. The molecule has 1 aromatic rings. The summed E-state index contributed by atoms with van der Waals surface area (Å²) in [4.78, 5) is -0.223. The highest BCUT2D eigenvalue weighted by atomic mass is 79.9. The van der Waals surface area contributed by atoms with Crippen molar-refractivity contribution in [2.45, 2.75) is 18.2 Å². The summed E-state index contributed by atoms with van der Waals surface area (Å²) in [6, 6.07) is 2.40. The quantitative estimate of drug-likeness (QED) is 0.813. The fourth-order valence-corrected chi connectivity index (χ4v) is 2.26. The van der Waals surface area contributed by atoms with Crippen molar-refractivity contribution in [1.29, 1.82) is 0 Å². The zero-order valence-electron chi connectivity index (χ0n) is 7.36. The predicted molar refractivity (Wildman–Crippen MR) is 55.0 cm³/mol. The minimum Gasteiger partial charge on any atom is -0.506 e. The van der Waals surface area contributed by atoms with E-state index in [-0.39, 0.29) is 15.1 Å². The van der Waals surface area contributed by atoms with E-state index in [1.165, 1.54) is 6.07 Å². The smallest absolute Gasteiger partial charge is 0.294 e. The van der Waals surface area contributed by atoms with Crippen LogP contribution in [0.1, 0.15) is 12.5 Å².